The lowest BCUT2D eigenvalue weighted by molar-refractivity contribution is 0.629. The highest BCUT2D eigenvalue weighted by Crippen LogP contribution is 2.18. The summed E-state index contributed by atoms with van der Waals surface area (Å²) >= 11 is 0. The SMILES string of the molecule is CC(N)c1nc2cc(F)ccc2n1C. The minimum atomic E-state index is -0.271. The third kappa shape index (κ3) is 1.28. The summed E-state index contributed by atoms with van der Waals surface area (Å²) in [7, 11) is 1.88. The molecule has 2 rings (SSSR count). The first-order valence-corrected chi connectivity index (χ1v) is 4.47. The van der Waals surface area contributed by atoms with Crippen LogP contribution in [0.25, 0.3) is 11.0 Å². The molecule has 0 fully saturated rings. The van der Waals surface area contributed by atoms with Crippen molar-refractivity contribution in [2.45, 2.75) is 13.0 Å². The van der Waals surface area contributed by atoms with Crippen molar-refractivity contribution >= 4 is 11.0 Å². The second kappa shape index (κ2) is 3.06. The van der Waals surface area contributed by atoms with Crippen LogP contribution in [0.5, 0.6) is 0 Å². The summed E-state index contributed by atoms with van der Waals surface area (Å²) in [5.74, 6) is 0.498. The summed E-state index contributed by atoms with van der Waals surface area (Å²) in [6.07, 6.45) is 0. The Balaban J connectivity index is 2.73. The predicted octanol–water partition coefficient (Wildman–Crippen LogP) is 1.73. The zero-order valence-electron chi connectivity index (χ0n) is 8.16. The first-order valence-electron chi connectivity index (χ1n) is 4.47. The molecule has 4 heteroatoms. The molecule has 0 saturated heterocycles. The molecule has 0 aliphatic heterocycles. The molecule has 74 valence electrons. The quantitative estimate of drug-likeness (QED) is 0.749. The van der Waals surface area contributed by atoms with Crippen LogP contribution in [0, 0.1) is 5.82 Å². The van der Waals surface area contributed by atoms with Gasteiger partial charge >= 0.3 is 0 Å². The molecule has 3 nitrogen and oxygen atoms in total. The van der Waals surface area contributed by atoms with E-state index in [9.17, 15) is 4.39 Å². The Kier molecular flexibility index (Phi) is 2.00. The highest BCUT2D eigenvalue weighted by Gasteiger charge is 2.10. The lowest BCUT2D eigenvalue weighted by Crippen LogP contribution is -2.11. The largest absolute Gasteiger partial charge is 0.330 e. The molecule has 0 bridgehead atoms. The van der Waals surface area contributed by atoms with E-state index in [0.717, 1.165) is 11.3 Å². The van der Waals surface area contributed by atoms with Gasteiger partial charge in [-0.1, -0.05) is 0 Å². The molecular formula is C10H12FN3. The minimum Gasteiger partial charge on any atom is -0.330 e. The second-order valence-corrected chi connectivity index (χ2v) is 3.45. The Morgan fingerprint density at radius 1 is 1.50 bits per heavy atom. The number of benzene rings is 1. The fourth-order valence-corrected chi connectivity index (χ4v) is 1.60. The van der Waals surface area contributed by atoms with Gasteiger partial charge in [-0.25, -0.2) is 9.37 Å². The number of aromatic nitrogens is 2. The van der Waals surface area contributed by atoms with Gasteiger partial charge < -0.3 is 10.3 Å². The average molecular weight is 193 g/mol. The lowest BCUT2D eigenvalue weighted by atomic mass is 10.3. The molecule has 0 amide bonds. The molecule has 0 aliphatic rings. The number of halogens is 1. The maximum atomic E-state index is 12.9. The normalized spacial score (nSPS) is 13.4. The van der Waals surface area contributed by atoms with Crippen LogP contribution in [0.15, 0.2) is 18.2 Å². The van der Waals surface area contributed by atoms with Crippen molar-refractivity contribution in [3.05, 3.63) is 29.8 Å². The molecular weight excluding hydrogens is 181 g/mol. The molecule has 1 atom stereocenters. The summed E-state index contributed by atoms with van der Waals surface area (Å²) < 4.78 is 14.8. The Hall–Kier alpha value is -1.42. The van der Waals surface area contributed by atoms with Gasteiger partial charge in [0.2, 0.25) is 0 Å². The summed E-state index contributed by atoms with van der Waals surface area (Å²) in [5.41, 5.74) is 7.29. The molecule has 1 aromatic carbocycles. The molecule has 0 saturated carbocycles. The van der Waals surface area contributed by atoms with Gasteiger partial charge in [-0.15, -0.1) is 0 Å². The van der Waals surface area contributed by atoms with E-state index in [1.54, 1.807) is 6.07 Å². The monoisotopic (exact) mass is 193 g/mol. The average Bonchev–Trinajstić information content (AvgIpc) is 2.43. The first kappa shape index (κ1) is 9.15. The molecule has 1 heterocycles. The summed E-state index contributed by atoms with van der Waals surface area (Å²) in [4.78, 5) is 4.27. The van der Waals surface area contributed by atoms with Gasteiger partial charge in [-0.3, -0.25) is 0 Å². The third-order valence-electron chi connectivity index (χ3n) is 2.28. The fourth-order valence-electron chi connectivity index (χ4n) is 1.60. The van der Waals surface area contributed by atoms with Crippen molar-refractivity contribution in [2.75, 3.05) is 0 Å². The molecule has 14 heavy (non-hydrogen) atoms. The van der Waals surface area contributed by atoms with E-state index in [0.29, 0.717) is 5.52 Å². The van der Waals surface area contributed by atoms with Crippen LogP contribution >= 0.6 is 0 Å². The number of imidazole rings is 1. The van der Waals surface area contributed by atoms with Crippen LogP contribution in [0.2, 0.25) is 0 Å². The van der Waals surface area contributed by atoms with Crippen LogP contribution < -0.4 is 5.73 Å². The van der Waals surface area contributed by atoms with Crippen molar-refractivity contribution in [2.24, 2.45) is 12.8 Å². The molecule has 1 unspecified atom stereocenters. The third-order valence-corrected chi connectivity index (χ3v) is 2.28. The first-order chi connectivity index (χ1) is 6.59. The van der Waals surface area contributed by atoms with Crippen LogP contribution in [0.4, 0.5) is 4.39 Å². The molecule has 0 radical (unpaired) electrons. The number of nitrogens with zero attached hydrogens (tertiary/aromatic N) is 2. The highest BCUT2D eigenvalue weighted by atomic mass is 19.1. The van der Waals surface area contributed by atoms with E-state index in [1.165, 1.54) is 12.1 Å². The van der Waals surface area contributed by atoms with Crippen LogP contribution in [-0.4, -0.2) is 9.55 Å². The topological polar surface area (TPSA) is 43.8 Å². The number of aryl methyl sites for hydroxylation is 1. The Labute approximate surface area is 81.4 Å². The van der Waals surface area contributed by atoms with Crippen LogP contribution in [0.1, 0.15) is 18.8 Å². The standard InChI is InChI=1S/C10H12FN3/c1-6(12)10-13-8-5-7(11)3-4-9(8)14(10)2/h3-6H,12H2,1-2H3. The van der Waals surface area contributed by atoms with Gasteiger partial charge in [0.25, 0.3) is 0 Å². The molecule has 2 aromatic rings. The lowest BCUT2D eigenvalue weighted by Gasteiger charge is -2.04. The van der Waals surface area contributed by atoms with Gasteiger partial charge in [-0.05, 0) is 19.1 Å². The summed E-state index contributed by atoms with van der Waals surface area (Å²) in [6.45, 7) is 1.86. The van der Waals surface area contributed by atoms with E-state index in [4.69, 9.17) is 5.73 Å². The zero-order valence-corrected chi connectivity index (χ0v) is 8.16. The van der Waals surface area contributed by atoms with Crippen molar-refractivity contribution in [3.8, 4) is 0 Å². The van der Waals surface area contributed by atoms with E-state index in [-0.39, 0.29) is 11.9 Å². The van der Waals surface area contributed by atoms with Gasteiger partial charge in [0.1, 0.15) is 11.6 Å². The van der Waals surface area contributed by atoms with Crippen LogP contribution in [-0.2, 0) is 7.05 Å². The maximum absolute atomic E-state index is 12.9. The minimum absolute atomic E-state index is 0.143. The number of nitrogens with two attached hydrogens (primary N) is 1. The second-order valence-electron chi connectivity index (χ2n) is 3.45. The molecule has 0 aliphatic carbocycles. The summed E-state index contributed by atoms with van der Waals surface area (Å²) in [5, 5.41) is 0. The van der Waals surface area contributed by atoms with Gasteiger partial charge in [0.15, 0.2) is 0 Å². The Morgan fingerprint density at radius 2 is 2.21 bits per heavy atom. The van der Waals surface area contributed by atoms with Crippen LogP contribution in [0.3, 0.4) is 0 Å². The van der Waals surface area contributed by atoms with Crippen molar-refractivity contribution in [3.63, 3.8) is 0 Å². The smallest absolute Gasteiger partial charge is 0.126 e. The molecule has 0 spiro atoms. The highest BCUT2D eigenvalue weighted by molar-refractivity contribution is 5.76. The van der Waals surface area contributed by atoms with Gasteiger partial charge in [0, 0.05) is 13.1 Å². The van der Waals surface area contributed by atoms with Crippen molar-refractivity contribution < 1.29 is 4.39 Å². The van der Waals surface area contributed by atoms with E-state index in [2.05, 4.69) is 4.98 Å². The zero-order chi connectivity index (χ0) is 10.3. The van der Waals surface area contributed by atoms with E-state index >= 15 is 0 Å². The maximum Gasteiger partial charge on any atom is 0.126 e. The number of hydrogen-bond donors (Lipinski definition) is 1. The number of fused-ring (bicyclic) bond motifs is 1. The molecule has 1 aromatic heterocycles. The van der Waals surface area contributed by atoms with E-state index < -0.39 is 0 Å². The van der Waals surface area contributed by atoms with Gasteiger partial charge in [0.05, 0.1) is 17.1 Å². The van der Waals surface area contributed by atoms with E-state index in [1.807, 2.05) is 18.5 Å². The number of rotatable bonds is 1. The predicted molar refractivity (Wildman–Crippen MR) is 53.3 cm³/mol. The number of hydrogen-bond acceptors (Lipinski definition) is 2. The fraction of sp³-hybridized carbons (Fsp3) is 0.300. The van der Waals surface area contributed by atoms with Gasteiger partial charge in [-0.2, -0.15) is 0 Å². The molecule has 2 N–H and O–H groups in total. The summed E-state index contributed by atoms with van der Waals surface area (Å²) in [6, 6.07) is 4.41. The Bertz CT molecular complexity index is 473. The van der Waals surface area contributed by atoms with Crippen molar-refractivity contribution in [1.82, 2.24) is 9.55 Å². The Morgan fingerprint density at radius 3 is 2.86 bits per heavy atom. The van der Waals surface area contributed by atoms with Crippen molar-refractivity contribution in [1.29, 1.82) is 0 Å².